The number of aliphatic carboxylic acids is 1. The van der Waals surface area contributed by atoms with E-state index in [0.717, 1.165) is 6.08 Å². The van der Waals surface area contributed by atoms with E-state index in [0.29, 0.717) is 5.56 Å². The van der Waals surface area contributed by atoms with Crippen LogP contribution in [0.4, 0.5) is 0 Å². The van der Waals surface area contributed by atoms with E-state index in [1.165, 1.54) is 25.3 Å². The van der Waals surface area contributed by atoms with E-state index in [-0.39, 0.29) is 10.6 Å². The molecule has 2 N–H and O–H groups in total. The summed E-state index contributed by atoms with van der Waals surface area (Å²) in [6.07, 6.45) is 2.26. The van der Waals surface area contributed by atoms with Crippen molar-refractivity contribution in [2.45, 2.75) is 31.2 Å². The molecule has 0 aliphatic heterocycles. The molecule has 0 bridgehead atoms. The molecule has 7 heteroatoms. The molecular weight excluding hydrogens is 294 g/mol. The van der Waals surface area contributed by atoms with Crippen LogP contribution in [-0.4, -0.2) is 32.1 Å². The Labute approximate surface area is 124 Å². The van der Waals surface area contributed by atoms with E-state index in [9.17, 15) is 13.2 Å². The maximum absolute atomic E-state index is 12.4. The normalized spacial score (nSPS) is 12.6. The standard InChI is InChI=1S/C14H19NO5S/c1-14(2,3)15-21(18,19)12-9-10(6-8-13(16)17)5-7-11(12)20-4/h5-9,15H,1-4H3,(H,16,17)/b8-6+. The SMILES string of the molecule is COc1ccc(/C=C/C(=O)O)cc1S(=O)(=O)NC(C)(C)C. The highest BCUT2D eigenvalue weighted by Crippen LogP contribution is 2.26. The fourth-order valence-corrected chi connectivity index (χ4v) is 3.26. The Morgan fingerprint density at radius 3 is 2.43 bits per heavy atom. The lowest BCUT2D eigenvalue weighted by Gasteiger charge is -2.21. The largest absolute Gasteiger partial charge is 0.495 e. The molecule has 0 saturated heterocycles. The average molecular weight is 313 g/mol. The third-order valence-corrected chi connectivity index (χ3v) is 4.12. The third-order valence-electron chi connectivity index (χ3n) is 2.34. The molecule has 0 aliphatic rings. The number of methoxy groups -OCH3 is 1. The average Bonchev–Trinajstić information content (AvgIpc) is 2.33. The van der Waals surface area contributed by atoms with E-state index in [1.807, 2.05) is 0 Å². The van der Waals surface area contributed by atoms with Crippen LogP contribution in [-0.2, 0) is 14.8 Å². The van der Waals surface area contributed by atoms with Crippen LogP contribution >= 0.6 is 0 Å². The van der Waals surface area contributed by atoms with E-state index in [4.69, 9.17) is 9.84 Å². The van der Waals surface area contributed by atoms with E-state index >= 15 is 0 Å². The smallest absolute Gasteiger partial charge is 0.328 e. The lowest BCUT2D eigenvalue weighted by molar-refractivity contribution is -0.131. The van der Waals surface area contributed by atoms with Gasteiger partial charge in [-0.15, -0.1) is 0 Å². The summed E-state index contributed by atoms with van der Waals surface area (Å²) in [6, 6.07) is 4.43. The minimum absolute atomic E-state index is 0.0348. The van der Waals surface area contributed by atoms with Gasteiger partial charge in [0.2, 0.25) is 10.0 Å². The number of sulfonamides is 1. The van der Waals surface area contributed by atoms with E-state index in [1.54, 1.807) is 26.8 Å². The Kier molecular flexibility index (Phi) is 5.14. The summed E-state index contributed by atoms with van der Waals surface area (Å²) in [5.74, 6) is -0.915. The van der Waals surface area contributed by atoms with Gasteiger partial charge in [-0.05, 0) is 44.5 Å². The number of hydrogen-bond donors (Lipinski definition) is 2. The number of carboxylic acids is 1. The van der Waals surface area contributed by atoms with Crippen molar-refractivity contribution >= 4 is 22.1 Å². The van der Waals surface area contributed by atoms with Gasteiger partial charge >= 0.3 is 5.97 Å². The van der Waals surface area contributed by atoms with Crippen molar-refractivity contribution < 1.29 is 23.1 Å². The number of carboxylic acid groups (broad SMARTS) is 1. The molecular formula is C14H19NO5S. The van der Waals surface area contributed by atoms with Gasteiger partial charge in [0, 0.05) is 11.6 Å². The Hall–Kier alpha value is -1.86. The van der Waals surface area contributed by atoms with Crippen molar-refractivity contribution in [3.63, 3.8) is 0 Å². The molecule has 21 heavy (non-hydrogen) atoms. The first-order valence-electron chi connectivity index (χ1n) is 6.18. The van der Waals surface area contributed by atoms with Crippen LogP contribution < -0.4 is 9.46 Å². The molecule has 116 valence electrons. The molecule has 0 aromatic heterocycles. The molecule has 0 radical (unpaired) electrons. The summed E-state index contributed by atoms with van der Waals surface area (Å²) in [5, 5.41) is 8.62. The molecule has 0 spiro atoms. The Morgan fingerprint density at radius 1 is 1.33 bits per heavy atom. The van der Waals surface area contributed by atoms with Crippen LogP contribution in [0.25, 0.3) is 6.08 Å². The quantitative estimate of drug-likeness (QED) is 0.810. The first kappa shape index (κ1) is 17.2. The number of nitrogens with one attached hydrogen (secondary N) is 1. The maximum Gasteiger partial charge on any atom is 0.328 e. The summed E-state index contributed by atoms with van der Waals surface area (Å²) < 4.78 is 32.4. The van der Waals surface area contributed by atoms with E-state index < -0.39 is 21.5 Å². The minimum atomic E-state index is -3.78. The van der Waals surface area contributed by atoms with Crippen LogP contribution in [0.5, 0.6) is 5.75 Å². The minimum Gasteiger partial charge on any atom is -0.495 e. The molecule has 0 unspecified atom stereocenters. The van der Waals surface area contributed by atoms with Gasteiger partial charge in [0.25, 0.3) is 0 Å². The predicted octanol–water partition coefficient (Wildman–Crippen LogP) is 1.87. The number of ether oxygens (including phenoxy) is 1. The molecule has 6 nitrogen and oxygen atoms in total. The number of hydrogen-bond acceptors (Lipinski definition) is 4. The van der Waals surface area contributed by atoms with Gasteiger partial charge in [-0.2, -0.15) is 0 Å². The first-order chi connectivity index (χ1) is 9.55. The van der Waals surface area contributed by atoms with Crippen molar-refractivity contribution in [1.82, 2.24) is 4.72 Å². The zero-order chi connectivity index (χ0) is 16.3. The lowest BCUT2D eigenvalue weighted by Crippen LogP contribution is -2.40. The summed E-state index contributed by atoms with van der Waals surface area (Å²) >= 11 is 0. The van der Waals surface area contributed by atoms with Gasteiger partial charge in [-0.3, -0.25) is 0 Å². The van der Waals surface area contributed by atoms with Crippen molar-refractivity contribution in [2.24, 2.45) is 0 Å². The Balaban J connectivity index is 3.32. The monoisotopic (exact) mass is 313 g/mol. The van der Waals surface area contributed by atoms with Crippen molar-refractivity contribution in [2.75, 3.05) is 7.11 Å². The second kappa shape index (κ2) is 6.28. The molecule has 0 aliphatic carbocycles. The predicted molar refractivity (Wildman–Crippen MR) is 79.7 cm³/mol. The molecule has 0 amide bonds. The summed E-state index contributed by atoms with van der Waals surface area (Å²) in [6.45, 7) is 5.18. The molecule has 1 aromatic carbocycles. The second-order valence-electron chi connectivity index (χ2n) is 5.44. The molecule has 0 atom stereocenters. The zero-order valence-corrected chi connectivity index (χ0v) is 13.2. The Morgan fingerprint density at radius 2 is 1.95 bits per heavy atom. The summed E-state index contributed by atoms with van der Waals surface area (Å²) in [7, 11) is -2.40. The van der Waals surface area contributed by atoms with Crippen LogP contribution in [0.15, 0.2) is 29.2 Å². The second-order valence-corrected chi connectivity index (χ2v) is 7.09. The highest BCUT2D eigenvalue weighted by atomic mass is 32.2. The fraction of sp³-hybridized carbons (Fsp3) is 0.357. The number of carbonyl (C=O) groups is 1. The molecule has 0 saturated carbocycles. The van der Waals surface area contributed by atoms with Crippen molar-refractivity contribution in [3.05, 3.63) is 29.8 Å². The number of benzene rings is 1. The van der Waals surface area contributed by atoms with Gasteiger partial charge < -0.3 is 9.84 Å². The van der Waals surface area contributed by atoms with Crippen LogP contribution in [0, 0.1) is 0 Å². The topological polar surface area (TPSA) is 92.7 Å². The molecule has 0 heterocycles. The highest BCUT2D eigenvalue weighted by molar-refractivity contribution is 7.89. The third kappa shape index (κ3) is 5.20. The highest BCUT2D eigenvalue weighted by Gasteiger charge is 2.25. The lowest BCUT2D eigenvalue weighted by atomic mass is 10.1. The molecule has 0 fully saturated rings. The van der Waals surface area contributed by atoms with Gasteiger partial charge in [0.15, 0.2) is 0 Å². The van der Waals surface area contributed by atoms with Gasteiger partial charge in [-0.25, -0.2) is 17.9 Å². The Bertz CT molecular complexity index is 656. The van der Waals surface area contributed by atoms with Crippen LogP contribution in [0.2, 0.25) is 0 Å². The van der Waals surface area contributed by atoms with Crippen LogP contribution in [0.1, 0.15) is 26.3 Å². The van der Waals surface area contributed by atoms with E-state index in [2.05, 4.69) is 4.72 Å². The van der Waals surface area contributed by atoms with Gasteiger partial charge in [0.1, 0.15) is 10.6 Å². The summed E-state index contributed by atoms with van der Waals surface area (Å²) in [4.78, 5) is 10.5. The van der Waals surface area contributed by atoms with Crippen molar-refractivity contribution in [3.8, 4) is 5.75 Å². The van der Waals surface area contributed by atoms with Gasteiger partial charge in [-0.1, -0.05) is 6.07 Å². The fourth-order valence-electron chi connectivity index (χ4n) is 1.63. The number of rotatable bonds is 5. The maximum atomic E-state index is 12.4. The first-order valence-corrected chi connectivity index (χ1v) is 7.66. The molecule has 1 aromatic rings. The summed E-state index contributed by atoms with van der Waals surface area (Å²) in [5.41, 5.74) is -0.191. The van der Waals surface area contributed by atoms with Gasteiger partial charge in [0.05, 0.1) is 7.11 Å². The van der Waals surface area contributed by atoms with Crippen molar-refractivity contribution in [1.29, 1.82) is 0 Å². The molecule has 1 rings (SSSR count). The van der Waals surface area contributed by atoms with Crippen LogP contribution in [0.3, 0.4) is 0 Å². The zero-order valence-electron chi connectivity index (χ0n) is 12.4.